The fraction of sp³-hybridized carbons (Fsp3) is 0.100. The highest BCUT2D eigenvalue weighted by atomic mass is 35.5. The van der Waals surface area contributed by atoms with Gasteiger partial charge in [0, 0.05) is 22.0 Å². The number of ether oxygens (including phenoxy) is 1. The van der Waals surface area contributed by atoms with Crippen molar-refractivity contribution >= 4 is 39.6 Å². The van der Waals surface area contributed by atoms with Crippen molar-refractivity contribution in [2.24, 2.45) is 0 Å². The molecule has 27 heavy (non-hydrogen) atoms. The van der Waals surface area contributed by atoms with Crippen molar-refractivity contribution in [3.63, 3.8) is 0 Å². The van der Waals surface area contributed by atoms with E-state index in [4.69, 9.17) is 20.8 Å². The third-order valence-corrected chi connectivity index (χ3v) is 4.53. The second-order valence-corrected chi connectivity index (χ2v) is 6.42. The Balaban J connectivity index is 1.63. The Hall–Kier alpha value is -3.25. The number of carbonyl (C=O) groups is 1. The Morgan fingerprint density at radius 1 is 1.19 bits per heavy atom. The van der Waals surface area contributed by atoms with Crippen LogP contribution in [-0.2, 0) is 11.3 Å². The lowest BCUT2D eigenvalue weighted by Gasteiger charge is -2.08. The second-order valence-electron chi connectivity index (χ2n) is 6.01. The summed E-state index contributed by atoms with van der Waals surface area (Å²) in [5, 5.41) is 1.15. The van der Waals surface area contributed by atoms with E-state index in [1.807, 2.05) is 19.1 Å². The summed E-state index contributed by atoms with van der Waals surface area (Å²) in [5.74, 6) is -0.632. The molecule has 0 aliphatic carbocycles. The van der Waals surface area contributed by atoms with E-state index in [0.717, 1.165) is 5.56 Å². The third-order valence-electron chi connectivity index (χ3n) is 4.13. The summed E-state index contributed by atoms with van der Waals surface area (Å²) in [5.41, 5.74) is 2.53. The lowest BCUT2D eigenvalue weighted by molar-refractivity contribution is 0.0467. The summed E-state index contributed by atoms with van der Waals surface area (Å²) in [6.45, 7) is 1.70. The molecule has 7 heteroatoms. The largest absolute Gasteiger partial charge is 0.456 e. The van der Waals surface area contributed by atoms with E-state index in [2.05, 4.69) is 9.97 Å². The van der Waals surface area contributed by atoms with E-state index in [0.29, 0.717) is 32.6 Å². The Kier molecular flexibility index (Phi) is 4.33. The number of aryl methyl sites for hydroxylation is 1. The number of aromatic nitrogens is 2. The second kappa shape index (κ2) is 6.81. The van der Waals surface area contributed by atoms with Gasteiger partial charge in [-0.3, -0.25) is 4.98 Å². The maximum atomic E-state index is 12.4. The molecule has 4 aromatic rings. The quantitative estimate of drug-likeness (QED) is 0.394. The number of fused-ring (bicyclic) bond motifs is 2. The van der Waals surface area contributed by atoms with Crippen molar-refractivity contribution in [3.05, 3.63) is 80.9 Å². The maximum absolute atomic E-state index is 12.4. The predicted octanol–water partition coefficient (Wildman–Crippen LogP) is 4.06. The highest BCUT2D eigenvalue weighted by molar-refractivity contribution is 6.32. The zero-order valence-electron chi connectivity index (χ0n) is 14.2. The smallest absolute Gasteiger partial charge is 0.358 e. The normalized spacial score (nSPS) is 11.0. The summed E-state index contributed by atoms with van der Waals surface area (Å²) >= 11 is 6.17. The first-order chi connectivity index (χ1) is 13.0. The van der Waals surface area contributed by atoms with Crippen molar-refractivity contribution in [2.45, 2.75) is 13.5 Å². The zero-order chi connectivity index (χ0) is 19.0. The van der Waals surface area contributed by atoms with Crippen molar-refractivity contribution in [1.82, 2.24) is 9.97 Å². The monoisotopic (exact) mass is 380 g/mol. The minimum absolute atomic E-state index is 0.0925. The van der Waals surface area contributed by atoms with Crippen LogP contribution in [0, 0.1) is 6.92 Å². The molecule has 0 aliphatic heterocycles. The minimum Gasteiger partial charge on any atom is -0.456 e. The number of halogens is 1. The van der Waals surface area contributed by atoms with Gasteiger partial charge < -0.3 is 9.15 Å². The topological polar surface area (TPSA) is 82.3 Å². The van der Waals surface area contributed by atoms with E-state index in [1.165, 1.54) is 12.3 Å². The standard InChI is InChI=1S/C20H13ClN2O4/c1-11-6-18-13(8-14(11)21)12(7-19(24)27-18)10-26-20(25)17-9-22-15-4-2-3-5-16(15)23-17/h2-9H,10H2,1H3. The van der Waals surface area contributed by atoms with Crippen molar-refractivity contribution < 1.29 is 13.9 Å². The van der Waals surface area contributed by atoms with Crippen LogP contribution >= 0.6 is 11.6 Å². The van der Waals surface area contributed by atoms with Crippen LogP contribution in [0.1, 0.15) is 21.6 Å². The van der Waals surface area contributed by atoms with Gasteiger partial charge in [0.05, 0.1) is 17.2 Å². The lowest BCUT2D eigenvalue weighted by atomic mass is 10.1. The van der Waals surface area contributed by atoms with Gasteiger partial charge in [0.15, 0.2) is 5.69 Å². The molecular weight excluding hydrogens is 368 g/mol. The zero-order valence-corrected chi connectivity index (χ0v) is 15.0. The molecule has 2 aromatic carbocycles. The van der Waals surface area contributed by atoms with E-state index < -0.39 is 11.6 Å². The maximum Gasteiger partial charge on any atom is 0.358 e. The number of hydrogen-bond acceptors (Lipinski definition) is 6. The average Bonchev–Trinajstić information content (AvgIpc) is 2.67. The summed E-state index contributed by atoms with van der Waals surface area (Å²) in [7, 11) is 0. The highest BCUT2D eigenvalue weighted by Gasteiger charge is 2.14. The van der Waals surface area contributed by atoms with Gasteiger partial charge in [-0.1, -0.05) is 23.7 Å². The fourth-order valence-electron chi connectivity index (χ4n) is 2.74. The Bertz CT molecular complexity index is 1250. The van der Waals surface area contributed by atoms with Crippen LogP contribution in [0.15, 0.2) is 57.9 Å². The van der Waals surface area contributed by atoms with Crippen LogP contribution in [0.2, 0.25) is 5.02 Å². The molecule has 4 rings (SSSR count). The van der Waals surface area contributed by atoms with Gasteiger partial charge >= 0.3 is 11.6 Å². The molecule has 0 atom stereocenters. The molecule has 134 valence electrons. The number of benzene rings is 2. The van der Waals surface area contributed by atoms with Crippen LogP contribution in [0.25, 0.3) is 22.0 Å². The Labute approximate surface area is 158 Å². The van der Waals surface area contributed by atoms with Gasteiger partial charge in [0.2, 0.25) is 0 Å². The van der Waals surface area contributed by atoms with Crippen LogP contribution in [-0.4, -0.2) is 15.9 Å². The molecular formula is C20H13ClN2O4. The first kappa shape index (κ1) is 17.2. The SMILES string of the molecule is Cc1cc2oc(=O)cc(COC(=O)c3cnc4ccccc4n3)c2cc1Cl. The number of rotatable bonds is 3. The molecule has 0 amide bonds. The van der Waals surface area contributed by atoms with Crippen LogP contribution in [0.3, 0.4) is 0 Å². The van der Waals surface area contributed by atoms with Crippen molar-refractivity contribution in [1.29, 1.82) is 0 Å². The first-order valence-corrected chi connectivity index (χ1v) is 8.51. The first-order valence-electron chi connectivity index (χ1n) is 8.13. The average molecular weight is 381 g/mol. The molecule has 0 N–H and O–H groups in total. The summed E-state index contributed by atoms with van der Waals surface area (Å²) in [6, 6.07) is 11.9. The molecule has 0 bridgehead atoms. The molecule has 0 radical (unpaired) electrons. The number of nitrogens with zero attached hydrogens (tertiary/aromatic N) is 2. The number of esters is 1. The van der Waals surface area contributed by atoms with Gasteiger partial charge in [-0.25, -0.2) is 14.6 Å². The van der Waals surface area contributed by atoms with Gasteiger partial charge in [-0.05, 0) is 36.8 Å². The lowest BCUT2D eigenvalue weighted by Crippen LogP contribution is -2.10. The van der Waals surface area contributed by atoms with Crippen molar-refractivity contribution in [3.8, 4) is 0 Å². The van der Waals surface area contributed by atoms with Crippen LogP contribution < -0.4 is 5.63 Å². The molecule has 0 saturated carbocycles. The Morgan fingerprint density at radius 3 is 2.78 bits per heavy atom. The summed E-state index contributed by atoms with van der Waals surface area (Å²) in [6.07, 6.45) is 1.36. The van der Waals surface area contributed by atoms with E-state index in [1.54, 1.807) is 24.3 Å². The Morgan fingerprint density at radius 2 is 1.96 bits per heavy atom. The number of hydrogen-bond donors (Lipinski definition) is 0. The molecule has 2 heterocycles. The molecule has 2 aromatic heterocycles. The summed E-state index contributed by atoms with van der Waals surface area (Å²) in [4.78, 5) is 32.6. The molecule has 6 nitrogen and oxygen atoms in total. The molecule has 0 aliphatic rings. The molecule has 0 saturated heterocycles. The number of carbonyl (C=O) groups excluding carboxylic acids is 1. The molecule has 0 spiro atoms. The highest BCUT2D eigenvalue weighted by Crippen LogP contribution is 2.25. The van der Waals surface area contributed by atoms with E-state index in [9.17, 15) is 9.59 Å². The van der Waals surface area contributed by atoms with E-state index >= 15 is 0 Å². The summed E-state index contributed by atoms with van der Waals surface area (Å²) < 4.78 is 10.5. The van der Waals surface area contributed by atoms with E-state index in [-0.39, 0.29) is 12.3 Å². The molecule has 0 fully saturated rings. The van der Waals surface area contributed by atoms with Crippen LogP contribution in [0.4, 0.5) is 0 Å². The van der Waals surface area contributed by atoms with Gasteiger partial charge in [0.1, 0.15) is 12.2 Å². The van der Waals surface area contributed by atoms with Gasteiger partial charge in [0.25, 0.3) is 0 Å². The van der Waals surface area contributed by atoms with Crippen LogP contribution in [0.5, 0.6) is 0 Å². The minimum atomic E-state index is -0.632. The number of para-hydroxylation sites is 2. The molecule has 0 unspecified atom stereocenters. The fourth-order valence-corrected chi connectivity index (χ4v) is 2.90. The van der Waals surface area contributed by atoms with Gasteiger partial charge in [-0.15, -0.1) is 0 Å². The van der Waals surface area contributed by atoms with Gasteiger partial charge in [-0.2, -0.15) is 0 Å². The third kappa shape index (κ3) is 3.39. The van der Waals surface area contributed by atoms with Crippen molar-refractivity contribution in [2.75, 3.05) is 0 Å². The predicted molar refractivity (Wildman–Crippen MR) is 101 cm³/mol.